The average Bonchev–Trinajstić information content (AvgIpc) is 2.63. The van der Waals surface area contributed by atoms with Crippen molar-refractivity contribution >= 4 is 11.9 Å². The summed E-state index contributed by atoms with van der Waals surface area (Å²) in [6, 6.07) is 0. The number of anilines is 2. The number of hydrogen-bond acceptors (Lipinski definition) is 6. The largest absolute Gasteiger partial charge is 0.382 e. The summed E-state index contributed by atoms with van der Waals surface area (Å²) < 4.78 is 10.1. The van der Waals surface area contributed by atoms with Gasteiger partial charge >= 0.3 is 0 Å². The molecule has 0 atom stereocenters. The predicted molar refractivity (Wildman–Crippen MR) is 56.6 cm³/mol. The van der Waals surface area contributed by atoms with Gasteiger partial charge in [-0.25, -0.2) is 5.10 Å². The summed E-state index contributed by atoms with van der Waals surface area (Å²) in [4.78, 5) is 3.90. The summed E-state index contributed by atoms with van der Waals surface area (Å²) in [5, 5.41) is 9.39. The fourth-order valence-corrected chi connectivity index (χ4v) is 0.972. The Hall–Kier alpha value is -1.34. The first-order valence-corrected chi connectivity index (χ1v) is 4.81. The lowest BCUT2D eigenvalue weighted by Crippen LogP contribution is -2.09. The minimum Gasteiger partial charge on any atom is -0.382 e. The van der Waals surface area contributed by atoms with Gasteiger partial charge in [-0.1, -0.05) is 0 Å². The molecule has 0 aliphatic carbocycles. The highest BCUT2D eigenvalue weighted by atomic mass is 16.5. The van der Waals surface area contributed by atoms with Crippen LogP contribution in [0, 0.1) is 0 Å². The Morgan fingerprint density at radius 2 is 2.27 bits per heavy atom. The monoisotopic (exact) mass is 215 g/mol. The van der Waals surface area contributed by atoms with Gasteiger partial charge in [-0.05, 0) is 6.42 Å². The van der Waals surface area contributed by atoms with E-state index in [2.05, 4.69) is 20.5 Å². The summed E-state index contributed by atoms with van der Waals surface area (Å²) in [6.07, 6.45) is 0.887. The molecule has 1 aromatic rings. The van der Waals surface area contributed by atoms with Crippen LogP contribution < -0.4 is 11.1 Å². The van der Waals surface area contributed by atoms with Crippen molar-refractivity contribution in [2.45, 2.75) is 6.42 Å². The molecule has 0 unspecified atom stereocenters. The van der Waals surface area contributed by atoms with Crippen molar-refractivity contribution in [1.82, 2.24) is 15.2 Å². The van der Waals surface area contributed by atoms with E-state index in [1.807, 2.05) is 0 Å². The summed E-state index contributed by atoms with van der Waals surface area (Å²) in [5.74, 6) is 0.832. The van der Waals surface area contributed by atoms with Crippen LogP contribution in [-0.2, 0) is 9.47 Å². The van der Waals surface area contributed by atoms with E-state index in [-0.39, 0.29) is 0 Å². The highest BCUT2D eigenvalue weighted by Gasteiger charge is 1.97. The zero-order chi connectivity index (χ0) is 10.9. The minimum atomic E-state index is 0.314. The molecule has 7 heteroatoms. The van der Waals surface area contributed by atoms with Gasteiger partial charge in [0.15, 0.2) is 0 Å². The number of rotatable bonds is 8. The number of methoxy groups -OCH3 is 1. The Balaban J connectivity index is 1.93. The van der Waals surface area contributed by atoms with Gasteiger partial charge in [0.1, 0.15) is 0 Å². The summed E-state index contributed by atoms with van der Waals surface area (Å²) in [5.41, 5.74) is 5.36. The fourth-order valence-electron chi connectivity index (χ4n) is 0.972. The van der Waals surface area contributed by atoms with Crippen molar-refractivity contribution in [2.75, 3.05) is 44.5 Å². The van der Waals surface area contributed by atoms with Gasteiger partial charge in [0.2, 0.25) is 11.9 Å². The lowest BCUT2D eigenvalue weighted by molar-refractivity contribution is 0.0705. The van der Waals surface area contributed by atoms with E-state index in [1.54, 1.807) is 7.11 Å². The van der Waals surface area contributed by atoms with Crippen LogP contribution in [0.4, 0.5) is 11.9 Å². The van der Waals surface area contributed by atoms with E-state index in [0.717, 1.165) is 13.0 Å². The van der Waals surface area contributed by atoms with Gasteiger partial charge < -0.3 is 20.5 Å². The molecule has 1 heterocycles. The van der Waals surface area contributed by atoms with Crippen molar-refractivity contribution in [3.05, 3.63) is 0 Å². The molecular formula is C8H17N5O2. The molecule has 0 bridgehead atoms. The van der Waals surface area contributed by atoms with Crippen molar-refractivity contribution in [1.29, 1.82) is 0 Å². The summed E-state index contributed by atoms with van der Waals surface area (Å²) in [6.45, 7) is 2.70. The highest BCUT2D eigenvalue weighted by molar-refractivity contribution is 5.29. The first-order valence-electron chi connectivity index (χ1n) is 4.81. The minimum absolute atomic E-state index is 0.314. The molecule has 1 aromatic heterocycles. The van der Waals surface area contributed by atoms with Gasteiger partial charge in [0.05, 0.1) is 13.2 Å². The Kier molecular flexibility index (Phi) is 5.49. The second-order valence-corrected chi connectivity index (χ2v) is 2.93. The van der Waals surface area contributed by atoms with E-state index >= 15 is 0 Å². The Bertz CT molecular complexity index is 265. The number of ether oxygens (including phenoxy) is 2. The third-order valence-electron chi connectivity index (χ3n) is 1.68. The van der Waals surface area contributed by atoms with Crippen LogP contribution in [0.3, 0.4) is 0 Å². The van der Waals surface area contributed by atoms with E-state index in [1.165, 1.54) is 0 Å². The molecule has 0 spiro atoms. The molecule has 86 valence electrons. The molecule has 0 aliphatic rings. The van der Waals surface area contributed by atoms with E-state index in [4.69, 9.17) is 15.2 Å². The molecule has 7 nitrogen and oxygen atoms in total. The van der Waals surface area contributed by atoms with Gasteiger partial charge in [0.25, 0.3) is 0 Å². The zero-order valence-electron chi connectivity index (χ0n) is 8.82. The van der Waals surface area contributed by atoms with Gasteiger partial charge in [-0.3, -0.25) is 0 Å². The van der Waals surface area contributed by atoms with Crippen molar-refractivity contribution in [3.63, 3.8) is 0 Å². The van der Waals surface area contributed by atoms with Gasteiger partial charge in [-0.2, -0.15) is 4.98 Å². The molecule has 0 saturated heterocycles. The van der Waals surface area contributed by atoms with Crippen molar-refractivity contribution in [3.8, 4) is 0 Å². The molecule has 0 aliphatic heterocycles. The molecule has 4 N–H and O–H groups in total. The van der Waals surface area contributed by atoms with Crippen LogP contribution in [0.2, 0.25) is 0 Å². The SMILES string of the molecule is COCCOCCCNc1n[nH]c(N)n1. The normalized spacial score (nSPS) is 10.5. The molecule has 0 radical (unpaired) electrons. The third kappa shape index (κ3) is 5.18. The number of aromatic nitrogens is 3. The number of aromatic amines is 1. The van der Waals surface area contributed by atoms with Crippen molar-refractivity contribution in [2.24, 2.45) is 0 Å². The highest BCUT2D eigenvalue weighted by Crippen LogP contribution is 1.98. The maximum absolute atomic E-state index is 5.36. The maximum atomic E-state index is 5.36. The number of H-pyrrole nitrogens is 1. The zero-order valence-corrected chi connectivity index (χ0v) is 8.82. The fraction of sp³-hybridized carbons (Fsp3) is 0.750. The van der Waals surface area contributed by atoms with E-state index < -0.39 is 0 Å². The van der Waals surface area contributed by atoms with Crippen LogP contribution in [0.1, 0.15) is 6.42 Å². The first-order chi connectivity index (χ1) is 7.33. The van der Waals surface area contributed by atoms with Crippen LogP contribution in [0.25, 0.3) is 0 Å². The van der Waals surface area contributed by atoms with Crippen LogP contribution in [-0.4, -0.2) is 48.7 Å². The first kappa shape index (κ1) is 11.7. The lowest BCUT2D eigenvalue weighted by atomic mass is 10.4. The van der Waals surface area contributed by atoms with Gasteiger partial charge in [0, 0.05) is 20.3 Å². The standard InChI is InChI=1S/C8H17N5O2/c1-14-5-6-15-4-2-3-10-8-11-7(9)12-13-8/h2-6H2,1H3,(H4,9,10,11,12,13). The van der Waals surface area contributed by atoms with Gasteiger partial charge in [-0.15, -0.1) is 5.10 Å². The Labute approximate surface area is 88.4 Å². The molecule has 0 saturated carbocycles. The smallest absolute Gasteiger partial charge is 0.243 e. The maximum Gasteiger partial charge on any atom is 0.243 e. The molecule has 0 aromatic carbocycles. The summed E-state index contributed by atoms with van der Waals surface area (Å²) in [7, 11) is 1.65. The van der Waals surface area contributed by atoms with Crippen molar-refractivity contribution < 1.29 is 9.47 Å². The van der Waals surface area contributed by atoms with Crippen LogP contribution >= 0.6 is 0 Å². The van der Waals surface area contributed by atoms with Crippen LogP contribution in [0.15, 0.2) is 0 Å². The second-order valence-electron chi connectivity index (χ2n) is 2.93. The predicted octanol–water partition coefficient (Wildman–Crippen LogP) is -0.148. The average molecular weight is 215 g/mol. The molecule has 15 heavy (non-hydrogen) atoms. The molecule has 0 fully saturated rings. The number of nitrogens with zero attached hydrogens (tertiary/aromatic N) is 2. The number of nitrogens with two attached hydrogens (primary N) is 1. The Morgan fingerprint density at radius 3 is 2.93 bits per heavy atom. The second kappa shape index (κ2) is 7.02. The quantitative estimate of drug-likeness (QED) is 0.522. The third-order valence-corrected chi connectivity index (χ3v) is 1.68. The molecular weight excluding hydrogens is 198 g/mol. The lowest BCUT2D eigenvalue weighted by Gasteiger charge is -2.03. The Morgan fingerprint density at radius 1 is 1.40 bits per heavy atom. The number of nitrogens with one attached hydrogen (secondary N) is 2. The topological polar surface area (TPSA) is 98.1 Å². The van der Waals surface area contributed by atoms with Crippen LogP contribution in [0.5, 0.6) is 0 Å². The molecule has 0 amide bonds. The number of hydrogen-bond donors (Lipinski definition) is 3. The van der Waals surface area contributed by atoms with E-state index in [9.17, 15) is 0 Å². The summed E-state index contributed by atoms with van der Waals surface area (Å²) >= 11 is 0. The van der Waals surface area contributed by atoms with E-state index in [0.29, 0.717) is 31.7 Å². The molecule has 1 rings (SSSR count). The number of nitrogen functional groups attached to an aromatic ring is 1.